The fraction of sp³-hybridized carbons (Fsp3) is 0.500. The van der Waals surface area contributed by atoms with Gasteiger partial charge in [0.05, 0.1) is 35.7 Å². The number of hydrogen-bond acceptors (Lipinski definition) is 8. The Bertz CT molecular complexity index is 1470. The highest BCUT2D eigenvalue weighted by Gasteiger charge is 2.14. The molecule has 50 heavy (non-hydrogen) atoms. The molecule has 0 fully saturated rings. The fourth-order valence-corrected chi connectivity index (χ4v) is 5.46. The summed E-state index contributed by atoms with van der Waals surface area (Å²) >= 11 is 0. The Balaban J connectivity index is 1.37. The minimum atomic E-state index is -0.541. The van der Waals surface area contributed by atoms with Crippen LogP contribution in [0.5, 0.6) is 11.5 Å². The molecule has 0 aliphatic carbocycles. The highest BCUT2D eigenvalue weighted by atomic mass is 16.5. The molecule has 0 aliphatic rings. The highest BCUT2D eigenvalue weighted by Crippen LogP contribution is 2.28. The summed E-state index contributed by atoms with van der Waals surface area (Å²) in [5.74, 6) is -0.233. The number of nitrogens with zero attached hydrogens (tertiary/aromatic N) is 2. The summed E-state index contributed by atoms with van der Waals surface area (Å²) in [6.07, 6.45) is 20.2. The molecule has 0 spiro atoms. The van der Waals surface area contributed by atoms with E-state index in [0.29, 0.717) is 41.5 Å². The third kappa shape index (κ3) is 15.5. The normalized spacial score (nSPS) is 11.1. The number of esters is 2. The summed E-state index contributed by atoms with van der Waals surface area (Å²) in [6.45, 7) is 6.75. The summed E-state index contributed by atoms with van der Waals surface area (Å²) < 4.78 is 16.7. The van der Waals surface area contributed by atoms with Crippen molar-refractivity contribution in [3.63, 3.8) is 0 Å². The topological polar surface area (TPSA) is 104 Å². The smallest absolute Gasteiger partial charge is 0.343 e. The van der Waals surface area contributed by atoms with Crippen LogP contribution >= 0.6 is 0 Å². The van der Waals surface area contributed by atoms with E-state index < -0.39 is 5.97 Å². The Hall–Kier alpha value is -4.33. The maximum absolute atomic E-state index is 12.8. The predicted octanol–water partition coefficient (Wildman–Crippen LogP) is 12.3. The number of azo groups is 1. The molecule has 0 unspecified atom stereocenters. The standard InChI is InChI=1S/C42H56N2O6/c1-4-6-8-9-10-11-12-13-14-15-16-17-18-19-31-48-37-26-22-35(23-27-37)42(47)50-38-28-29-40(39(32-38)33(3)45)44-43-36-24-20-34(21-25-36)41(46)49-30-7-5-2/h20-29,32H,4-19,30-31H2,1-3H3. The predicted molar refractivity (Wildman–Crippen MR) is 199 cm³/mol. The van der Waals surface area contributed by atoms with E-state index in [1.807, 2.05) is 6.92 Å². The lowest BCUT2D eigenvalue weighted by Gasteiger charge is -2.09. The average molecular weight is 685 g/mol. The molecule has 0 radical (unpaired) electrons. The van der Waals surface area contributed by atoms with Crippen molar-refractivity contribution in [2.45, 2.75) is 124 Å². The van der Waals surface area contributed by atoms with Crippen molar-refractivity contribution in [3.8, 4) is 11.5 Å². The second-order valence-electron chi connectivity index (χ2n) is 12.8. The molecular formula is C42H56N2O6. The zero-order chi connectivity index (χ0) is 35.8. The number of ether oxygens (including phenoxy) is 3. The molecule has 0 bridgehead atoms. The van der Waals surface area contributed by atoms with E-state index in [4.69, 9.17) is 14.2 Å². The fourth-order valence-electron chi connectivity index (χ4n) is 5.46. The number of Topliss-reactive ketones (excluding diaryl/α,β-unsaturated/α-hetero) is 1. The average Bonchev–Trinajstić information content (AvgIpc) is 3.13. The van der Waals surface area contributed by atoms with Gasteiger partial charge in [0.1, 0.15) is 11.5 Å². The van der Waals surface area contributed by atoms with Gasteiger partial charge < -0.3 is 14.2 Å². The Morgan fingerprint density at radius 3 is 1.64 bits per heavy atom. The van der Waals surface area contributed by atoms with Crippen LogP contribution in [0.25, 0.3) is 0 Å². The first kappa shape index (κ1) is 40.1. The van der Waals surface area contributed by atoms with Crippen molar-refractivity contribution in [2.24, 2.45) is 10.2 Å². The number of rotatable bonds is 25. The Morgan fingerprint density at radius 2 is 1.06 bits per heavy atom. The second kappa shape index (κ2) is 23.9. The zero-order valence-corrected chi connectivity index (χ0v) is 30.4. The van der Waals surface area contributed by atoms with E-state index in [1.54, 1.807) is 60.7 Å². The molecule has 3 rings (SSSR count). The molecule has 0 saturated carbocycles. The van der Waals surface area contributed by atoms with Crippen molar-refractivity contribution in [3.05, 3.63) is 83.4 Å². The van der Waals surface area contributed by atoms with Gasteiger partial charge in [0, 0.05) is 5.56 Å². The van der Waals surface area contributed by atoms with Gasteiger partial charge in [0.25, 0.3) is 0 Å². The van der Waals surface area contributed by atoms with Gasteiger partial charge in [-0.15, -0.1) is 5.11 Å². The molecule has 0 N–H and O–H groups in total. The molecule has 0 aliphatic heterocycles. The molecule has 270 valence electrons. The van der Waals surface area contributed by atoms with Gasteiger partial charge >= 0.3 is 11.9 Å². The van der Waals surface area contributed by atoms with Gasteiger partial charge in [-0.3, -0.25) is 4.79 Å². The number of hydrogen-bond donors (Lipinski definition) is 0. The first-order chi connectivity index (χ1) is 24.4. The van der Waals surface area contributed by atoms with Crippen LogP contribution < -0.4 is 9.47 Å². The lowest BCUT2D eigenvalue weighted by atomic mass is 10.0. The van der Waals surface area contributed by atoms with Gasteiger partial charge in [-0.05, 0) is 86.5 Å². The molecule has 0 amide bonds. The number of ketones is 1. The second-order valence-corrected chi connectivity index (χ2v) is 12.8. The van der Waals surface area contributed by atoms with Crippen molar-refractivity contribution in [1.29, 1.82) is 0 Å². The maximum Gasteiger partial charge on any atom is 0.343 e. The molecule has 0 atom stereocenters. The molecule has 0 heterocycles. The number of unbranched alkanes of at least 4 members (excludes halogenated alkanes) is 14. The summed E-state index contributed by atoms with van der Waals surface area (Å²) in [7, 11) is 0. The van der Waals surface area contributed by atoms with Crippen LogP contribution in [0.4, 0.5) is 11.4 Å². The van der Waals surface area contributed by atoms with Crippen molar-refractivity contribution in [1.82, 2.24) is 0 Å². The summed E-state index contributed by atoms with van der Waals surface area (Å²) in [4.78, 5) is 37.3. The number of carbonyl (C=O) groups is 3. The summed E-state index contributed by atoms with van der Waals surface area (Å²) in [5, 5.41) is 8.43. The lowest BCUT2D eigenvalue weighted by molar-refractivity contribution is 0.0499. The summed E-state index contributed by atoms with van der Waals surface area (Å²) in [5.41, 5.74) is 1.91. The summed E-state index contributed by atoms with van der Waals surface area (Å²) in [6, 6.07) is 18.1. The third-order valence-corrected chi connectivity index (χ3v) is 8.52. The van der Waals surface area contributed by atoms with E-state index in [-0.39, 0.29) is 23.1 Å². The number of carbonyl (C=O) groups excluding carboxylic acids is 3. The van der Waals surface area contributed by atoms with E-state index >= 15 is 0 Å². The van der Waals surface area contributed by atoms with Gasteiger partial charge in [0.15, 0.2) is 5.78 Å². The van der Waals surface area contributed by atoms with E-state index in [0.717, 1.165) is 25.7 Å². The largest absolute Gasteiger partial charge is 0.494 e. The van der Waals surface area contributed by atoms with Crippen molar-refractivity contribution in [2.75, 3.05) is 13.2 Å². The van der Waals surface area contributed by atoms with Crippen molar-refractivity contribution >= 4 is 29.1 Å². The molecule has 3 aromatic carbocycles. The maximum atomic E-state index is 12.8. The molecule has 3 aromatic rings. The van der Waals surface area contributed by atoms with Crippen LogP contribution in [0.1, 0.15) is 155 Å². The SMILES string of the molecule is CCCCCCCCCCCCCCCCOc1ccc(C(=O)Oc2ccc(N=Nc3ccc(C(=O)OCCCC)cc3)c(C(C)=O)c2)cc1. The lowest BCUT2D eigenvalue weighted by Crippen LogP contribution is -2.09. The first-order valence-corrected chi connectivity index (χ1v) is 18.7. The molecular weight excluding hydrogens is 628 g/mol. The van der Waals surface area contributed by atoms with Crippen LogP contribution in [-0.4, -0.2) is 30.9 Å². The van der Waals surface area contributed by atoms with E-state index in [9.17, 15) is 14.4 Å². The van der Waals surface area contributed by atoms with Crippen molar-refractivity contribution < 1.29 is 28.6 Å². The van der Waals surface area contributed by atoms with Crippen LogP contribution in [0.3, 0.4) is 0 Å². The van der Waals surface area contributed by atoms with Crippen LogP contribution in [0.2, 0.25) is 0 Å². The molecule has 8 nitrogen and oxygen atoms in total. The molecule has 0 aromatic heterocycles. The van der Waals surface area contributed by atoms with Gasteiger partial charge in [-0.25, -0.2) is 9.59 Å². The van der Waals surface area contributed by atoms with Crippen LogP contribution in [-0.2, 0) is 4.74 Å². The number of benzene rings is 3. The first-order valence-electron chi connectivity index (χ1n) is 18.7. The van der Waals surface area contributed by atoms with E-state index in [1.165, 1.54) is 90.0 Å². The highest BCUT2D eigenvalue weighted by molar-refractivity contribution is 5.99. The monoisotopic (exact) mass is 684 g/mol. The van der Waals surface area contributed by atoms with E-state index in [2.05, 4.69) is 17.2 Å². The van der Waals surface area contributed by atoms with Gasteiger partial charge in [-0.1, -0.05) is 104 Å². The van der Waals surface area contributed by atoms with Crippen LogP contribution in [0, 0.1) is 0 Å². The minimum Gasteiger partial charge on any atom is -0.494 e. The van der Waals surface area contributed by atoms with Gasteiger partial charge in [0.2, 0.25) is 0 Å². The Labute approximate surface area is 299 Å². The molecule has 8 heteroatoms. The molecule has 0 saturated heterocycles. The van der Waals surface area contributed by atoms with Crippen LogP contribution in [0.15, 0.2) is 77.0 Å². The zero-order valence-electron chi connectivity index (χ0n) is 30.4. The Kier molecular flexibility index (Phi) is 19.2. The minimum absolute atomic E-state index is 0.225. The van der Waals surface area contributed by atoms with Gasteiger partial charge in [-0.2, -0.15) is 5.11 Å². The quantitative estimate of drug-likeness (QED) is 0.0289. The third-order valence-electron chi connectivity index (χ3n) is 8.52. The Morgan fingerprint density at radius 1 is 0.540 bits per heavy atom.